The highest BCUT2D eigenvalue weighted by Crippen LogP contribution is 2.43. The standard InChI is InChI=1S/C62H121O11P/c1-4-7-10-13-16-19-22-24-26-28-29-31-33-35-38-41-44-47-50-53-62(66)73-59(55-69-60(64)51-48-45-42-39-37-34-32-30-27-25-23-20-17-14-11-8-5-2)57-71-74(67,68)70-56-58(54-63)72-61(65)52-49-46-43-40-36-21-18-15-12-9-6-3/h58-59,63H,4-57H2,1-3H3,(H,67,68). The molecular formula is C62H121O11P. The average molecular weight is 1070 g/mol. The Morgan fingerprint density at radius 2 is 0.541 bits per heavy atom. The SMILES string of the molecule is CCCCCCCCCCCCCCCCCCCCCC(=O)OC(COC(=O)CCCCCCCCCCCCCCCCCCC)COP(=O)(O)OCC(CO)OC(=O)CCCCCCCCCCCCC. The van der Waals surface area contributed by atoms with Gasteiger partial charge in [0.15, 0.2) is 6.10 Å². The molecule has 74 heavy (non-hydrogen) atoms. The summed E-state index contributed by atoms with van der Waals surface area (Å²) in [6.45, 7) is 4.73. The number of phosphoric ester groups is 1. The second-order valence-electron chi connectivity index (χ2n) is 22.0. The highest BCUT2D eigenvalue weighted by atomic mass is 31.2. The van der Waals surface area contributed by atoms with Crippen LogP contribution in [0.2, 0.25) is 0 Å². The fraction of sp³-hybridized carbons (Fsp3) is 0.952. The minimum absolute atomic E-state index is 0.179. The van der Waals surface area contributed by atoms with E-state index in [4.69, 9.17) is 23.3 Å². The van der Waals surface area contributed by atoms with Gasteiger partial charge < -0.3 is 24.2 Å². The topological polar surface area (TPSA) is 155 Å². The van der Waals surface area contributed by atoms with Gasteiger partial charge in [-0.1, -0.05) is 303 Å². The summed E-state index contributed by atoms with van der Waals surface area (Å²) in [6, 6.07) is 0. The zero-order chi connectivity index (χ0) is 54.1. The van der Waals surface area contributed by atoms with Crippen molar-refractivity contribution in [2.24, 2.45) is 0 Å². The van der Waals surface area contributed by atoms with Crippen LogP contribution in [0.15, 0.2) is 0 Å². The van der Waals surface area contributed by atoms with E-state index in [0.29, 0.717) is 19.3 Å². The first-order valence-electron chi connectivity index (χ1n) is 31.9. The van der Waals surface area contributed by atoms with Gasteiger partial charge in [0.1, 0.15) is 12.7 Å². The summed E-state index contributed by atoms with van der Waals surface area (Å²) in [5, 5.41) is 9.81. The lowest BCUT2D eigenvalue weighted by Gasteiger charge is -2.21. The van der Waals surface area contributed by atoms with E-state index in [0.717, 1.165) is 57.8 Å². The molecule has 0 heterocycles. The summed E-state index contributed by atoms with van der Waals surface area (Å²) < 4.78 is 39.6. The van der Waals surface area contributed by atoms with Crippen LogP contribution < -0.4 is 0 Å². The summed E-state index contributed by atoms with van der Waals surface area (Å²) in [5.41, 5.74) is 0. The van der Waals surface area contributed by atoms with Gasteiger partial charge in [0.2, 0.25) is 0 Å². The Morgan fingerprint density at radius 1 is 0.324 bits per heavy atom. The van der Waals surface area contributed by atoms with Gasteiger partial charge in [-0.25, -0.2) is 4.57 Å². The number of rotatable bonds is 61. The maximum atomic E-state index is 12.9. The smallest absolute Gasteiger partial charge is 0.462 e. The van der Waals surface area contributed by atoms with Crippen LogP contribution in [0.1, 0.15) is 342 Å². The Balaban J connectivity index is 4.62. The number of carbonyl (C=O) groups excluding carboxylic acids is 3. The number of ether oxygens (including phenoxy) is 3. The molecule has 3 unspecified atom stereocenters. The fourth-order valence-corrected chi connectivity index (χ4v) is 10.4. The third kappa shape index (κ3) is 55.2. The van der Waals surface area contributed by atoms with E-state index in [9.17, 15) is 28.9 Å². The highest BCUT2D eigenvalue weighted by Gasteiger charge is 2.28. The minimum atomic E-state index is -4.74. The van der Waals surface area contributed by atoms with Crippen molar-refractivity contribution in [3.63, 3.8) is 0 Å². The van der Waals surface area contributed by atoms with E-state index >= 15 is 0 Å². The zero-order valence-electron chi connectivity index (χ0n) is 48.9. The molecule has 0 radical (unpaired) electrons. The van der Waals surface area contributed by atoms with Crippen LogP contribution in [-0.2, 0) is 42.2 Å². The van der Waals surface area contributed by atoms with Gasteiger partial charge in [-0.15, -0.1) is 0 Å². The van der Waals surface area contributed by atoms with Crippen LogP contribution in [0.25, 0.3) is 0 Å². The second kappa shape index (κ2) is 57.6. The van der Waals surface area contributed by atoms with Gasteiger partial charge in [-0.05, 0) is 19.3 Å². The van der Waals surface area contributed by atoms with E-state index in [1.165, 1.54) is 225 Å². The first-order valence-corrected chi connectivity index (χ1v) is 33.4. The quantitative estimate of drug-likeness (QED) is 0.0259. The number of unbranched alkanes of at least 4 members (excludes halogenated alkanes) is 44. The number of hydrogen-bond donors (Lipinski definition) is 2. The predicted molar refractivity (Wildman–Crippen MR) is 307 cm³/mol. The van der Waals surface area contributed by atoms with Crippen LogP contribution in [0.4, 0.5) is 0 Å². The predicted octanol–water partition coefficient (Wildman–Crippen LogP) is 19.0. The molecule has 440 valence electrons. The molecule has 0 aromatic heterocycles. The minimum Gasteiger partial charge on any atom is -0.462 e. The summed E-state index contributed by atoms with van der Waals surface area (Å²) in [4.78, 5) is 48.6. The lowest BCUT2D eigenvalue weighted by molar-refractivity contribution is -0.161. The van der Waals surface area contributed by atoms with Crippen LogP contribution in [0.3, 0.4) is 0 Å². The van der Waals surface area contributed by atoms with Crippen molar-refractivity contribution in [1.29, 1.82) is 0 Å². The van der Waals surface area contributed by atoms with Gasteiger partial charge in [0, 0.05) is 19.3 Å². The molecule has 0 fully saturated rings. The first kappa shape index (κ1) is 72.5. The maximum absolute atomic E-state index is 12.9. The average Bonchev–Trinajstić information content (AvgIpc) is 3.39. The number of aliphatic hydroxyl groups excluding tert-OH is 1. The molecule has 0 aromatic carbocycles. The van der Waals surface area contributed by atoms with E-state index in [-0.39, 0.29) is 25.9 Å². The Kier molecular flexibility index (Phi) is 56.5. The van der Waals surface area contributed by atoms with Crippen molar-refractivity contribution in [2.75, 3.05) is 26.4 Å². The molecule has 0 saturated carbocycles. The maximum Gasteiger partial charge on any atom is 0.472 e. The van der Waals surface area contributed by atoms with E-state index in [1.54, 1.807) is 0 Å². The molecule has 3 atom stereocenters. The Morgan fingerprint density at radius 3 is 0.797 bits per heavy atom. The molecule has 0 aliphatic heterocycles. The van der Waals surface area contributed by atoms with Gasteiger partial charge in [-0.2, -0.15) is 0 Å². The molecule has 2 N–H and O–H groups in total. The third-order valence-corrected chi connectivity index (χ3v) is 15.5. The number of carbonyl (C=O) groups is 3. The van der Waals surface area contributed by atoms with Gasteiger partial charge in [0.05, 0.1) is 19.8 Å². The van der Waals surface area contributed by atoms with Crippen LogP contribution in [-0.4, -0.2) is 66.5 Å². The number of esters is 3. The molecule has 0 amide bonds. The molecule has 0 aliphatic carbocycles. The number of aliphatic hydroxyl groups is 1. The van der Waals surface area contributed by atoms with Crippen molar-refractivity contribution in [3.05, 3.63) is 0 Å². The fourth-order valence-electron chi connectivity index (χ4n) is 9.66. The molecule has 0 aliphatic rings. The van der Waals surface area contributed by atoms with E-state index < -0.39 is 57.8 Å². The summed E-state index contributed by atoms with van der Waals surface area (Å²) in [6.07, 6.45) is 56.3. The molecule has 0 saturated heterocycles. The Labute approximate surface area is 456 Å². The third-order valence-electron chi connectivity index (χ3n) is 14.5. The van der Waals surface area contributed by atoms with Crippen molar-refractivity contribution >= 4 is 25.7 Å². The molecule has 0 spiro atoms. The molecule has 0 rings (SSSR count). The van der Waals surface area contributed by atoms with Gasteiger partial charge >= 0.3 is 25.7 Å². The van der Waals surface area contributed by atoms with Crippen molar-refractivity contribution < 1.29 is 52.2 Å². The van der Waals surface area contributed by atoms with Crippen molar-refractivity contribution in [1.82, 2.24) is 0 Å². The zero-order valence-corrected chi connectivity index (χ0v) is 49.7. The van der Waals surface area contributed by atoms with E-state index in [1.807, 2.05) is 0 Å². The highest BCUT2D eigenvalue weighted by molar-refractivity contribution is 7.47. The second-order valence-corrected chi connectivity index (χ2v) is 23.4. The van der Waals surface area contributed by atoms with Crippen LogP contribution >= 0.6 is 7.82 Å². The lowest BCUT2D eigenvalue weighted by atomic mass is 10.0. The Hall–Kier alpha value is -1.52. The van der Waals surface area contributed by atoms with Crippen LogP contribution in [0, 0.1) is 0 Å². The van der Waals surface area contributed by atoms with Gasteiger partial charge in [-0.3, -0.25) is 23.4 Å². The van der Waals surface area contributed by atoms with Crippen LogP contribution in [0.5, 0.6) is 0 Å². The molecular weight excluding hydrogens is 952 g/mol. The summed E-state index contributed by atoms with van der Waals surface area (Å²) in [7, 11) is -4.74. The monoisotopic (exact) mass is 1070 g/mol. The van der Waals surface area contributed by atoms with E-state index in [2.05, 4.69) is 20.8 Å². The molecule has 0 bridgehead atoms. The molecule has 0 aromatic rings. The van der Waals surface area contributed by atoms with Crippen molar-refractivity contribution in [3.8, 4) is 0 Å². The largest absolute Gasteiger partial charge is 0.472 e. The Bertz CT molecular complexity index is 1250. The molecule has 12 heteroatoms. The van der Waals surface area contributed by atoms with Gasteiger partial charge in [0.25, 0.3) is 0 Å². The lowest BCUT2D eigenvalue weighted by Crippen LogP contribution is -2.30. The summed E-state index contributed by atoms with van der Waals surface area (Å²) >= 11 is 0. The van der Waals surface area contributed by atoms with Crippen molar-refractivity contribution in [2.45, 2.75) is 354 Å². The number of hydrogen-bond acceptors (Lipinski definition) is 10. The normalized spacial score (nSPS) is 13.2. The summed E-state index contributed by atoms with van der Waals surface area (Å²) in [5.74, 6) is -1.42. The molecule has 11 nitrogen and oxygen atoms in total. The first-order chi connectivity index (χ1) is 36.2. The number of phosphoric acid groups is 1.